The fraction of sp³-hybridized carbons (Fsp3) is 1.00. The maximum atomic E-state index is 9.88. The molecule has 0 saturated heterocycles. The molecule has 1 saturated carbocycles. The minimum absolute atomic E-state index is 0.386. The normalized spacial score (nSPS) is 20.6. The average Bonchev–Trinajstić information content (AvgIpc) is 2.73. The Morgan fingerprint density at radius 1 is 1.10 bits per heavy atom. The molecule has 0 aliphatic heterocycles. The number of ether oxygens (including phenoxy) is 2. The molecular formula is C16H33NO3. The van der Waals surface area contributed by atoms with E-state index in [1.165, 1.54) is 38.5 Å². The van der Waals surface area contributed by atoms with Crippen LogP contribution in [0.4, 0.5) is 0 Å². The molecule has 0 aromatic heterocycles. The van der Waals surface area contributed by atoms with Gasteiger partial charge in [-0.1, -0.05) is 25.7 Å². The van der Waals surface area contributed by atoms with Gasteiger partial charge in [0, 0.05) is 19.2 Å². The van der Waals surface area contributed by atoms with Gasteiger partial charge < -0.3 is 19.9 Å². The topological polar surface area (TPSA) is 50.7 Å². The molecule has 4 nitrogen and oxygen atoms in total. The van der Waals surface area contributed by atoms with E-state index in [1.807, 2.05) is 6.92 Å². The van der Waals surface area contributed by atoms with Gasteiger partial charge in [0.1, 0.15) is 0 Å². The van der Waals surface area contributed by atoms with Crippen molar-refractivity contribution < 1.29 is 14.6 Å². The summed E-state index contributed by atoms with van der Waals surface area (Å²) in [6.45, 7) is 7.10. The molecular weight excluding hydrogens is 254 g/mol. The highest BCUT2D eigenvalue weighted by Crippen LogP contribution is 2.25. The maximum absolute atomic E-state index is 9.88. The fourth-order valence-corrected chi connectivity index (χ4v) is 2.84. The molecule has 120 valence electrons. The molecule has 0 aromatic carbocycles. The molecule has 0 aromatic rings. The quantitative estimate of drug-likeness (QED) is 0.478. The lowest BCUT2D eigenvalue weighted by molar-refractivity contribution is 0.00527. The van der Waals surface area contributed by atoms with Crippen LogP contribution in [0, 0.1) is 5.92 Å². The van der Waals surface area contributed by atoms with Crippen LogP contribution in [0.5, 0.6) is 0 Å². The molecule has 0 bridgehead atoms. The summed E-state index contributed by atoms with van der Waals surface area (Å²) in [5.74, 6) is 0.767. The summed E-state index contributed by atoms with van der Waals surface area (Å²) in [7, 11) is 0. The monoisotopic (exact) mass is 287 g/mol. The molecule has 1 aliphatic rings. The first kappa shape index (κ1) is 17.9. The fourth-order valence-electron chi connectivity index (χ4n) is 2.84. The summed E-state index contributed by atoms with van der Waals surface area (Å²) in [5, 5.41) is 13.4. The van der Waals surface area contributed by atoms with E-state index in [9.17, 15) is 5.11 Å². The van der Waals surface area contributed by atoms with Crippen molar-refractivity contribution in [1.82, 2.24) is 5.32 Å². The summed E-state index contributed by atoms with van der Waals surface area (Å²) >= 11 is 0. The van der Waals surface area contributed by atoms with E-state index in [4.69, 9.17) is 9.47 Å². The van der Waals surface area contributed by atoms with Crippen molar-refractivity contribution in [3.05, 3.63) is 0 Å². The molecule has 1 unspecified atom stereocenters. The molecule has 4 heteroatoms. The number of nitrogens with one attached hydrogen (secondary N) is 1. The van der Waals surface area contributed by atoms with Gasteiger partial charge in [-0.05, 0) is 32.6 Å². The average molecular weight is 287 g/mol. The van der Waals surface area contributed by atoms with Gasteiger partial charge in [0.25, 0.3) is 0 Å². The van der Waals surface area contributed by atoms with Crippen molar-refractivity contribution in [2.24, 2.45) is 5.92 Å². The van der Waals surface area contributed by atoms with Crippen LogP contribution in [0.2, 0.25) is 0 Å². The highest BCUT2D eigenvalue weighted by atomic mass is 16.5. The number of aliphatic hydroxyl groups excluding tert-OH is 1. The van der Waals surface area contributed by atoms with E-state index in [-0.39, 0.29) is 0 Å². The first-order valence-electron chi connectivity index (χ1n) is 8.31. The summed E-state index contributed by atoms with van der Waals surface area (Å²) in [6.07, 6.45) is 7.73. The van der Waals surface area contributed by atoms with Crippen LogP contribution in [0.1, 0.15) is 52.4 Å². The number of aliphatic hydroxyl groups is 1. The Bertz CT molecular complexity index is 218. The Morgan fingerprint density at radius 2 is 1.75 bits per heavy atom. The number of rotatable bonds is 10. The van der Waals surface area contributed by atoms with Crippen LogP contribution >= 0.6 is 0 Å². The van der Waals surface area contributed by atoms with Crippen molar-refractivity contribution in [3.8, 4) is 0 Å². The minimum atomic E-state index is -0.426. The van der Waals surface area contributed by atoms with E-state index in [2.05, 4.69) is 12.2 Å². The van der Waals surface area contributed by atoms with E-state index < -0.39 is 6.10 Å². The second kappa shape index (κ2) is 11.5. The van der Waals surface area contributed by atoms with Crippen LogP contribution in [0.25, 0.3) is 0 Å². The lowest BCUT2D eigenvalue weighted by Crippen LogP contribution is -2.40. The van der Waals surface area contributed by atoms with E-state index in [0.717, 1.165) is 5.92 Å². The Labute approximate surface area is 124 Å². The standard InChI is InChI=1S/C16H33NO3/c1-3-19-10-11-20-13-16(18)12-17-14(2)15-8-6-4-5-7-9-15/h14-18H,3-13H2,1-2H3/t14-,16?/m0/s1. The van der Waals surface area contributed by atoms with E-state index in [1.54, 1.807) is 0 Å². The van der Waals surface area contributed by atoms with Gasteiger partial charge in [0.15, 0.2) is 0 Å². The van der Waals surface area contributed by atoms with Crippen LogP contribution in [-0.2, 0) is 9.47 Å². The van der Waals surface area contributed by atoms with Gasteiger partial charge >= 0.3 is 0 Å². The van der Waals surface area contributed by atoms with Crippen LogP contribution in [-0.4, -0.2) is 50.2 Å². The molecule has 2 N–H and O–H groups in total. The van der Waals surface area contributed by atoms with Gasteiger partial charge in [0.05, 0.1) is 25.9 Å². The third-order valence-corrected chi connectivity index (χ3v) is 4.17. The zero-order valence-electron chi connectivity index (χ0n) is 13.3. The molecule has 1 fully saturated rings. The second-order valence-electron chi connectivity index (χ2n) is 5.87. The lowest BCUT2D eigenvalue weighted by Gasteiger charge is -2.25. The third-order valence-electron chi connectivity index (χ3n) is 4.17. The van der Waals surface area contributed by atoms with Gasteiger partial charge in [-0.15, -0.1) is 0 Å². The van der Waals surface area contributed by atoms with Gasteiger partial charge in [-0.25, -0.2) is 0 Å². The molecule has 2 atom stereocenters. The van der Waals surface area contributed by atoms with Crippen molar-refractivity contribution in [2.75, 3.05) is 33.0 Å². The lowest BCUT2D eigenvalue weighted by atomic mass is 9.93. The summed E-state index contributed by atoms with van der Waals surface area (Å²) in [6, 6.07) is 0.492. The molecule has 1 rings (SSSR count). The predicted molar refractivity (Wildman–Crippen MR) is 82.0 cm³/mol. The minimum Gasteiger partial charge on any atom is -0.389 e. The molecule has 0 amide bonds. The van der Waals surface area contributed by atoms with Gasteiger partial charge in [0.2, 0.25) is 0 Å². The molecule has 20 heavy (non-hydrogen) atoms. The number of hydrogen-bond donors (Lipinski definition) is 2. The third kappa shape index (κ3) is 8.20. The second-order valence-corrected chi connectivity index (χ2v) is 5.87. The predicted octanol–water partition coefficient (Wildman–Crippen LogP) is 2.35. The zero-order chi connectivity index (χ0) is 14.6. The summed E-state index contributed by atoms with van der Waals surface area (Å²) in [5.41, 5.74) is 0. The van der Waals surface area contributed by atoms with Crippen LogP contribution in [0.3, 0.4) is 0 Å². The summed E-state index contributed by atoms with van der Waals surface area (Å²) < 4.78 is 10.6. The van der Waals surface area contributed by atoms with Crippen molar-refractivity contribution in [2.45, 2.75) is 64.5 Å². The van der Waals surface area contributed by atoms with Crippen molar-refractivity contribution >= 4 is 0 Å². The Kier molecular flexibility index (Phi) is 10.3. The first-order chi connectivity index (χ1) is 9.74. The number of hydrogen-bond acceptors (Lipinski definition) is 4. The van der Waals surface area contributed by atoms with Crippen LogP contribution < -0.4 is 5.32 Å². The van der Waals surface area contributed by atoms with Gasteiger partial charge in [-0.3, -0.25) is 0 Å². The molecule has 0 heterocycles. The summed E-state index contributed by atoms with van der Waals surface area (Å²) in [4.78, 5) is 0. The molecule has 1 aliphatic carbocycles. The maximum Gasteiger partial charge on any atom is 0.0897 e. The van der Waals surface area contributed by atoms with Crippen molar-refractivity contribution in [3.63, 3.8) is 0 Å². The van der Waals surface area contributed by atoms with Crippen molar-refractivity contribution in [1.29, 1.82) is 0 Å². The Hall–Kier alpha value is -0.160. The highest BCUT2D eigenvalue weighted by molar-refractivity contribution is 4.76. The van der Waals surface area contributed by atoms with E-state index in [0.29, 0.717) is 39.0 Å². The zero-order valence-corrected chi connectivity index (χ0v) is 13.3. The smallest absolute Gasteiger partial charge is 0.0897 e. The molecule has 0 spiro atoms. The SMILES string of the molecule is CCOCCOCC(O)CN[C@@H](C)C1CCCCCC1. The Morgan fingerprint density at radius 3 is 2.40 bits per heavy atom. The Balaban J connectivity index is 2.05. The van der Waals surface area contributed by atoms with Gasteiger partial charge in [-0.2, -0.15) is 0 Å². The highest BCUT2D eigenvalue weighted by Gasteiger charge is 2.19. The van der Waals surface area contributed by atoms with E-state index >= 15 is 0 Å². The first-order valence-corrected chi connectivity index (χ1v) is 8.31. The molecule has 0 radical (unpaired) electrons. The largest absolute Gasteiger partial charge is 0.389 e. The van der Waals surface area contributed by atoms with Crippen LogP contribution in [0.15, 0.2) is 0 Å².